The fourth-order valence-corrected chi connectivity index (χ4v) is 3.36. The number of benzene rings is 1. The van der Waals surface area contributed by atoms with E-state index >= 15 is 0 Å². The summed E-state index contributed by atoms with van der Waals surface area (Å²) in [6.07, 6.45) is 8.69. The summed E-state index contributed by atoms with van der Waals surface area (Å²) < 4.78 is 7.19. The molecule has 1 heterocycles. The molecule has 3 rings (SSSR count). The van der Waals surface area contributed by atoms with Crippen LogP contribution in [0.2, 0.25) is 0 Å². The smallest absolute Gasteiger partial charge is 0.241 e. The molecule has 0 atom stereocenters. The molecule has 1 aliphatic rings. The largest absolute Gasteiger partial charge is 0.494 e. The summed E-state index contributed by atoms with van der Waals surface area (Å²) in [4.78, 5) is 24.1. The summed E-state index contributed by atoms with van der Waals surface area (Å²) in [5.74, 6) is 0.682. The minimum atomic E-state index is -0.0946. The van der Waals surface area contributed by atoms with Crippen LogP contribution in [0.3, 0.4) is 0 Å². The predicted molar refractivity (Wildman–Crippen MR) is 107 cm³/mol. The number of anilines is 1. The van der Waals surface area contributed by atoms with E-state index in [0.717, 1.165) is 24.2 Å². The number of carbonyl (C=O) groups excluding carboxylic acids is 2. The molecule has 1 aliphatic carbocycles. The van der Waals surface area contributed by atoms with Crippen molar-refractivity contribution in [2.24, 2.45) is 0 Å². The molecular weight excluding hydrogens is 356 g/mol. The summed E-state index contributed by atoms with van der Waals surface area (Å²) >= 11 is 0. The topological polar surface area (TPSA) is 85.2 Å². The SMILES string of the molecule is Cc1cccc(OCCCC(=O)Nc2cnn(CC(=O)NC3CCCC3)c2)c1. The maximum absolute atomic E-state index is 12.1. The van der Waals surface area contributed by atoms with Crippen molar-refractivity contribution in [3.05, 3.63) is 42.2 Å². The first kappa shape index (κ1) is 19.9. The van der Waals surface area contributed by atoms with Crippen molar-refractivity contribution >= 4 is 17.5 Å². The molecule has 1 fully saturated rings. The van der Waals surface area contributed by atoms with Gasteiger partial charge in [0.2, 0.25) is 11.8 Å². The number of nitrogens with one attached hydrogen (secondary N) is 2. The number of amides is 2. The van der Waals surface area contributed by atoms with Gasteiger partial charge in [0.05, 0.1) is 18.5 Å². The summed E-state index contributed by atoms with van der Waals surface area (Å²) in [5.41, 5.74) is 1.74. The molecule has 0 unspecified atom stereocenters. The Kier molecular flexibility index (Phi) is 7.06. The monoisotopic (exact) mass is 384 g/mol. The van der Waals surface area contributed by atoms with E-state index < -0.39 is 0 Å². The Bertz CT molecular complexity index is 796. The Hall–Kier alpha value is -2.83. The standard InChI is InChI=1S/C21H28N4O3/c1-16-6-4-9-19(12-16)28-11-5-10-20(26)24-18-13-22-25(14-18)15-21(27)23-17-7-2-3-8-17/h4,6,9,12-14,17H,2-3,5,7-8,10-11,15H2,1H3,(H,23,27)(H,24,26). The molecule has 7 nitrogen and oxygen atoms in total. The van der Waals surface area contributed by atoms with Crippen molar-refractivity contribution in [3.8, 4) is 5.75 Å². The summed E-state index contributed by atoms with van der Waals surface area (Å²) in [6.45, 7) is 2.66. The Balaban J connectivity index is 1.34. The Morgan fingerprint density at radius 1 is 1.25 bits per heavy atom. The molecule has 0 saturated heterocycles. The second-order valence-corrected chi connectivity index (χ2v) is 7.29. The van der Waals surface area contributed by atoms with Crippen LogP contribution in [0.5, 0.6) is 5.75 Å². The van der Waals surface area contributed by atoms with Crippen LogP contribution in [0.4, 0.5) is 5.69 Å². The molecule has 0 bridgehead atoms. The lowest BCUT2D eigenvalue weighted by Gasteiger charge is -2.11. The zero-order valence-electron chi connectivity index (χ0n) is 16.3. The maximum atomic E-state index is 12.1. The van der Waals surface area contributed by atoms with Crippen LogP contribution in [-0.2, 0) is 16.1 Å². The van der Waals surface area contributed by atoms with Crippen LogP contribution >= 0.6 is 0 Å². The number of rotatable bonds is 9. The van der Waals surface area contributed by atoms with E-state index in [9.17, 15) is 9.59 Å². The Morgan fingerprint density at radius 3 is 2.86 bits per heavy atom. The van der Waals surface area contributed by atoms with Gasteiger partial charge in [-0.05, 0) is 43.9 Å². The van der Waals surface area contributed by atoms with Gasteiger partial charge in [-0.3, -0.25) is 14.3 Å². The minimum Gasteiger partial charge on any atom is -0.494 e. The third kappa shape index (κ3) is 6.40. The van der Waals surface area contributed by atoms with Gasteiger partial charge in [-0.2, -0.15) is 5.10 Å². The molecule has 0 spiro atoms. The summed E-state index contributed by atoms with van der Waals surface area (Å²) in [6, 6.07) is 8.13. The minimum absolute atomic E-state index is 0.0406. The van der Waals surface area contributed by atoms with Crippen molar-refractivity contribution < 1.29 is 14.3 Å². The molecule has 2 aromatic rings. The average molecular weight is 384 g/mol. The number of aromatic nitrogens is 2. The first-order valence-electron chi connectivity index (χ1n) is 9.89. The van der Waals surface area contributed by atoms with E-state index in [2.05, 4.69) is 15.7 Å². The Labute approximate surface area is 165 Å². The number of ether oxygens (including phenoxy) is 1. The number of hydrogen-bond acceptors (Lipinski definition) is 4. The molecule has 28 heavy (non-hydrogen) atoms. The van der Waals surface area contributed by atoms with Crippen LogP contribution in [0.25, 0.3) is 0 Å². The van der Waals surface area contributed by atoms with Crippen LogP contribution in [0, 0.1) is 6.92 Å². The number of carbonyl (C=O) groups is 2. The fourth-order valence-electron chi connectivity index (χ4n) is 3.36. The second kappa shape index (κ2) is 9.92. The molecule has 0 aliphatic heterocycles. The van der Waals surface area contributed by atoms with E-state index in [1.807, 2.05) is 31.2 Å². The Morgan fingerprint density at radius 2 is 2.07 bits per heavy atom. The van der Waals surface area contributed by atoms with Gasteiger partial charge in [0.25, 0.3) is 0 Å². The highest BCUT2D eigenvalue weighted by Gasteiger charge is 2.17. The predicted octanol–water partition coefficient (Wildman–Crippen LogP) is 3.05. The van der Waals surface area contributed by atoms with E-state index in [1.54, 1.807) is 17.1 Å². The number of hydrogen-bond donors (Lipinski definition) is 2. The first-order chi connectivity index (χ1) is 13.6. The van der Waals surface area contributed by atoms with Gasteiger partial charge >= 0.3 is 0 Å². The highest BCUT2D eigenvalue weighted by atomic mass is 16.5. The van der Waals surface area contributed by atoms with Gasteiger partial charge in [0.1, 0.15) is 12.3 Å². The zero-order chi connectivity index (χ0) is 19.8. The van der Waals surface area contributed by atoms with Crippen LogP contribution in [0.1, 0.15) is 44.1 Å². The van der Waals surface area contributed by atoms with Gasteiger partial charge in [0, 0.05) is 18.7 Å². The molecule has 1 saturated carbocycles. The van der Waals surface area contributed by atoms with Gasteiger partial charge in [-0.15, -0.1) is 0 Å². The molecular formula is C21H28N4O3. The van der Waals surface area contributed by atoms with E-state index in [0.29, 0.717) is 31.2 Å². The molecule has 7 heteroatoms. The van der Waals surface area contributed by atoms with Crippen molar-refractivity contribution in [1.82, 2.24) is 15.1 Å². The lowest BCUT2D eigenvalue weighted by molar-refractivity contribution is -0.122. The zero-order valence-corrected chi connectivity index (χ0v) is 16.3. The van der Waals surface area contributed by atoms with E-state index in [-0.39, 0.29) is 18.4 Å². The molecule has 2 amide bonds. The van der Waals surface area contributed by atoms with Gasteiger partial charge in [0.15, 0.2) is 0 Å². The highest BCUT2D eigenvalue weighted by molar-refractivity contribution is 5.90. The number of aryl methyl sites for hydroxylation is 1. The van der Waals surface area contributed by atoms with Gasteiger partial charge in [-0.1, -0.05) is 25.0 Å². The van der Waals surface area contributed by atoms with Crippen LogP contribution in [0.15, 0.2) is 36.7 Å². The normalized spacial score (nSPS) is 14.0. The second-order valence-electron chi connectivity index (χ2n) is 7.29. The van der Waals surface area contributed by atoms with Crippen molar-refractivity contribution in [2.75, 3.05) is 11.9 Å². The van der Waals surface area contributed by atoms with Crippen LogP contribution < -0.4 is 15.4 Å². The van der Waals surface area contributed by atoms with Crippen molar-refractivity contribution in [3.63, 3.8) is 0 Å². The van der Waals surface area contributed by atoms with E-state index in [4.69, 9.17) is 4.74 Å². The lowest BCUT2D eigenvalue weighted by atomic mass is 10.2. The lowest BCUT2D eigenvalue weighted by Crippen LogP contribution is -2.35. The fraction of sp³-hybridized carbons (Fsp3) is 0.476. The molecule has 1 aromatic heterocycles. The first-order valence-corrected chi connectivity index (χ1v) is 9.89. The number of nitrogens with zero attached hydrogens (tertiary/aromatic N) is 2. The third-order valence-electron chi connectivity index (χ3n) is 4.75. The third-order valence-corrected chi connectivity index (χ3v) is 4.75. The van der Waals surface area contributed by atoms with Crippen molar-refractivity contribution in [1.29, 1.82) is 0 Å². The summed E-state index contributed by atoms with van der Waals surface area (Å²) in [5, 5.41) is 9.98. The molecule has 1 aromatic carbocycles. The van der Waals surface area contributed by atoms with Crippen LogP contribution in [-0.4, -0.2) is 34.2 Å². The quantitative estimate of drug-likeness (QED) is 0.651. The molecule has 0 radical (unpaired) electrons. The molecule has 2 N–H and O–H groups in total. The van der Waals surface area contributed by atoms with Gasteiger partial charge in [-0.25, -0.2) is 0 Å². The van der Waals surface area contributed by atoms with Crippen molar-refractivity contribution in [2.45, 2.75) is 58.0 Å². The summed E-state index contributed by atoms with van der Waals surface area (Å²) in [7, 11) is 0. The van der Waals surface area contributed by atoms with Gasteiger partial charge < -0.3 is 15.4 Å². The average Bonchev–Trinajstić information content (AvgIpc) is 3.31. The maximum Gasteiger partial charge on any atom is 0.241 e. The van der Waals surface area contributed by atoms with E-state index in [1.165, 1.54) is 12.8 Å². The highest BCUT2D eigenvalue weighted by Crippen LogP contribution is 2.17. The molecule has 150 valence electrons.